The van der Waals surface area contributed by atoms with E-state index in [0.717, 1.165) is 30.1 Å². The Kier molecular flexibility index (Phi) is 8.30. The van der Waals surface area contributed by atoms with Crippen LogP contribution >= 0.6 is 24.2 Å². The number of rotatable bonds is 7. The maximum atomic E-state index is 12.0. The topological polar surface area (TPSA) is 70.2 Å². The number of hydrogen-bond acceptors (Lipinski definition) is 4. The second-order valence-electron chi connectivity index (χ2n) is 4.90. The molecule has 1 heterocycles. The zero-order valence-corrected chi connectivity index (χ0v) is 14.2. The molecule has 2 rings (SSSR count). The molecule has 0 fully saturated rings. The molecule has 0 aliphatic carbocycles. The largest absolute Gasteiger partial charge is 0.355 e. The molecule has 0 aromatic heterocycles. The summed E-state index contributed by atoms with van der Waals surface area (Å²) in [7, 11) is 0. The van der Waals surface area contributed by atoms with Gasteiger partial charge in [0.2, 0.25) is 11.8 Å². The number of carbonyl (C=O) groups is 2. The fraction of sp³-hybridized carbons (Fsp3) is 0.467. The highest BCUT2D eigenvalue weighted by Gasteiger charge is 2.28. The minimum atomic E-state index is -0.358. The average Bonchev–Trinajstić information content (AvgIpc) is 2.48. The molecule has 1 atom stereocenters. The van der Waals surface area contributed by atoms with E-state index in [1.54, 1.807) is 0 Å². The van der Waals surface area contributed by atoms with Crippen LogP contribution in [0.25, 0.3) is 0 Å². The van der Waals surface area contributed by atoms with Crippen LogP contribution in [0.2, 0.25) is 0 Å². The van der Waals surface area contributed by atoms with Crippen LogP contribution in [0.3, 0.4) is 0 Å². The van der Waals surface area contributed by atoms with E-state index in [9.17, 15) is 9.59 Å². The molecular weight excluding hydrogens is 322 g/mol. The number of hydrogen-bond donors (Lipinski definition) is 3. The standard InChI is InChI=1S/C15H21N3O2S.ClH/c1-2-7-16-8-9-17-14(19)10-13-15(20)18-11-5-3-4-6-12(11)21-13;/h3-6,13,16H,2,7-10H2,1H3,(H,17,19)(H,18,20);1H. The molecule has 0 bridgehead atoms. The van der Waals surface area contributed by atoms with Gasteiger partial charge in [0.25, 0.3) is 0 Å². The van der Waals surface area contributed by atoms with Gasteiger partial charge in [0.1, 0.15) is 0 Å². The van der Waals surface area contributed by atoms with Gasteiger partial charge in [0.05, 0.1) is 10.9 Å². The number of nitrogens with one attached hydrogen (secondary N) is 3. The van der Waals surface area contributed by atoms with Crippen LogP contribution in [0.15, 0.2) is 29.2 Å². The monoisotopic (exact) mass is 343 g/mol. The zero-order chi connectivity index (χ0) is 15.1. The first-order valence-electron chi connectivity index (χ1n) is 7.24. The number of anilines is 1. The number of benzene rings is 1. The van der Waals surface area contributed by atoms with Gasteiger partial charge in [-0.3, -0.25) is 9.59 Å². The van der Waals surface area contributed by atoms with Crippen LogP contribution in [0.5, 0.6) is 0 Å². The van der Waals surface area contributed by atoms with Crippen molar-refractivity contribution < 1.29 is 9.59 Å². The molecule has 1 aromatic carbocycles. The Bertz CT molecular complexity index is 513. The predicted molar refractivity (Wildman–Crippen MR) is 92.8 cm³/mol. The summed E-state index contributed by atoms with van der Waals surface area (Å²) in [6, 6.07) is 7.64. The van der Waals surface area contributed by atoms with Crippen LogP contribution in [0.1, 0.15) is 19.8 Å². The Labute approximate surface area is 141 Å². The summed E-state index contributed by atoms with van der Waals surface area (Å²) in [6.07, 6.45) is 1.28. The average molecular weight is 344 g/mol. The summed E-state index contributed by atoms with van der Waals surface area (Å²) in [6.45, 7) is 4.40. The molecule has 0 radical (unpaired) electrons. The highest BCUT2D eigenvalue weighted by molar-refractivity contribution is 8.01. The Morgan fingerprint density at radius 3 is 2.82 bits per heavy atom. The van der Waals surface area contributed by atoms with E-state index >= 15 is 0 Å². The molecule has 22 heavy (non-hydrogen) atoms. The van der Waals surface area contributed by atoms with Crippen LogP contribution in [-0.2, 0) is 9.59 Å². The Balaban J connectivity index is 0.00000242. The van der Waals surface area contributed by atoms with Gasteiger partial charge in [-0.05, 0) is 25.1 Å². The third-order valence-electron chi connectivity index (χ3n) is 3.13. The summed E-state index contributed by atoms with van der Waals surface area (Å²) >= 11 is 1.45. The van der Waals surface area contributed by atoms with Crippen molar-refractivity contribution in [2.45, 2.75) is 29.9 Å². The molecule has 3 N–H and O–H groups in total. The van der Waals surface area contributed by atoms with Crippen LogP contribution < -0.4 is 16.0 Å². The fourth-order valence-electron chi connectivity index (χ4n) is 2.06. The number of halogens is 1. The van der Waals surface area contributed by atoms with E-state index in [0.29, 0.717) is 6.54 Å². The van der Waals surface area contributed by atoms with Gasteiger partial charge in [-0.15, -0.1) is 24.2 Å². The SMILES string of the molecule is CCCNCCNC(=O)CC1Sc2ccccc2NC1=O.Cl. The number of amides is 2. The number of carbonyl (C=O) groups excluding carboxylic acids is 2. The Hall–Kier alpha value is -1.24. The quantitative estimate of drug-likeness (QED) is 0.662. The third kappa shape index (κ3) is 5.51. The van der Waals surface area contributed by atoms with E-state index in [-0.39, 0.29) is 35.9 Å². The highest BCUT2D eigenvalue weighted by Crippen LogP contribution is 2.36. The van der Waals surface area contributed by atoms with E-state index in [4.69, 9.17) is 0 Å². The van der Waals surface area contributed by atoms with E-state index < -0.39 is 0 Å². The summed E-state index contributed by atoms with van der Waals surface area (Å²) < 4.78 is 0. The summed E-state index contributed by atoms with van der Waals surface area (Å²) in [5.74, 6) is -0.182. The van der Waals surface area contributed by atoms with E-state index in [2.05, 4.69) is 22.9 Å². The lowest BCUT2D eigenvalue weighted by atomic mass is 10.2. The van der Waals surface area contributed by atoms with Crippen molar-refractivity contribution in [1.82, 2.24) is 10.6 Å². The molecule has 1 aromatic rings. The lowest BCUT2D eigenvalue weighted by Gasteiger charge is -2.23. The predicted octanol–water partition coefficient (Wildman–Crippen LogP) is 2.03. The number of fused-ring (bicyclic) bond motifs is 1. The first-order chi connectivity index (χ1) is 10.2. The molecule has 2 amide bonds. The molecule has 0 saturated heterocycles. The van der Waals surface area contributed by atoms with Crippen molar-refractivity contribution >= 4 is 41.7 Å². The van der Waals surface area contributed by atoms with Gasteiger partial charge in [-0.1, -0.05) is 19.1 Å². The van der Waals surface area contributed by atoms with Crippen molar-refractivity contribution in [2.75, 3.05) is 25.0 Å². The molecule has 1 aliphatic rings. The fourth-order valence-corrected chi connectivity index (χ4v) is 3.17. The van der Waals surface area contributed by atoms with Crippen molar-refractivity contribution in [3.8, 4) is 0 Å². The molecule has 5 nitrogen and oxygen atoms in total. The lowest BCUT2D eigenvalue weighted by molar-refractivity contribution is -0.124. The van der Waals surface area contributed by atoms with Crippen LogP contribution in [0, 0.1) is 0 Å². The summed E-state index contributed by atoms with van der Waals surface area (Å²) in [5.41, 5.74) is 0.827. The van der Waals surface area contributed by atoms with Gasteiger partial charge in [0.15, 0.2) is 0 Å². The van der Waals surface area contributed by atoms with Crippen molar-refractivity contribution in [1.29, 1.82) is 0 Å². The molecule has 7 heteroatoms. The maximum absolute atomic E-state index is 12.0. The third-order valence-corrected chi connectivity index (χ3v) is 4.40. The Morgan fingerprint density at radius 2 is 2.05 bits per heavy atom. The molecular formula is C15H22ClN3O2S. The minimum absolute atomic E-state index is 0. The van der Waals surface area contributed by atoms with Crippen molar-refractivity contribution in [3.05, 3.63) is 24.3 Å². The lowest BCUT2D eigenvalue weighted by Crippen LogP contribution is -2.37. The minimum Gasteiger partial charge on any atom is -0.355 e. The second kappa shape index (κ2) is 9.71. The molecule has 1 aliphatic heterocycles. The summed E-state index contributed by atoms with van der Waals surface area (Å²) in [5, 5.41) is 8.54. The van der Waals surface area contributed by atoms with Gasteiger partial charge in [-0.25, -0.2) is 0 Å². The molecule has 0 spiro atoms. The van der Waals surface area contributed by atoms with Crippen LogP contribution in [0.4, 0.5) is 5.69 Å². The van der Waals surface area contributed by atoms with Crippen LogP contribution in [-0.4, -0.2) is 36.7 Å². The maximum Gasteiger partial charge on any atom is 0.238 e. The number of para-hydroxylation sites is 1. The smallest absolute Gasteiger partial charge is 0.238 e. The van der Waals surface area contributed by atoms with Gasteiger partial charge >= 0.3 is 0 Å². The first-order valence-corrected chi connectivity index (χ1v) is 8.12. The summed E-state index contributed by atoms with van der Waals surface area (Å²) in [4.78, 5) is 24.9. The van der Waals surface area contributed by atoms with Gasteiger partial charge in [0, 0.05) is 24.4 Å². The molecule has 0 saturated carbocycles. The highest BCUT2D eigenvalue weighted by atomic mass is 35.5. The van der Waals surface area contributed by atoms with Gasteiger partial charge in [-0.2, -0.15) is 0 Å². The van der Waals surface area contributed by atoms with E-state index in [1.807, 2.05) is 24.3 Å². The first kappa shape index (κ1) is 18.8. The Morgan fingerprint density at radius 1 is 1.27 bits per heavy atom. The van der Waals surface area contributed by atoms with E-state index in [1.165, 1.54) is 11.8 Å². The number of thioether (sulfide) groups is 1. The zero-order valence-electron chi connectivity index (χ0n) is 12.6. The molecule has 1 unspecified atom stereocenters. The molecule has 122 valence electrons. The van der Waals surface area contributed by atoms with Gasteiger partial charge < -0.3 is 16.0 Å². The van der Waals surface area contributed by atoms with Crippen molar-refractivity contribution in [2.24, 2.45) is 0 Å². The van der Waals surface area contributed by atoms with Crippen molar-refractivity contribution in [3.63, 3.8) is 0 Å². The second-order valence-corrected chi connectivity index (χ2v) is 6.14. The normalized spacial score (nSPS) is 16.2.